The first-order chi connectivity index (χ1) is 10.2. The third-order valence-electron chi connectivity index (χ3n) is 3.12. The fourth-order valence-electron chi connectivity index (χ4n) is 2.15. The second-order valence-corrected chi connectivity index (χ2v) is 4.47. The molecule has 1 amide bonds. The number of primary amides is 1. The van der Waals surface area contributed by atoms with E-state index in [4.69, 9.17) is 5.73 Å². The van der Waals surface area contributed by atoms with Gasteiger partial charge in [-0.15, -0.1) is 5.10 Å². The minimum atomic E-state index is -0.546. The van der Waals surface area contributed by atoms with Crippen LogP contribution in [0.4, 0.5) is 0 Å². The van der Waals surface area contributed by atoms with Gasteiger partial charge in [-0.25, -0.2) is 14.5 Å². The van der Waals surface area contributed by atoms with Crippen LogP contribution >= 0.6 is 0 Å². The number of amides is 1. The van der Waals surface area contributed by atoms with Crippen molar-refractivity contribution >= 4 is 22.6 Å². The van der Waals surface area contributed by atoms with Gasteiger partial charge in [-0.2, -0.15) is 0 Å². The third kappa shape index (κ3) is 1.73. The molecule has 0 bridgehead atoms. The average molecular weight is 279 g/mol. The molecule has 21 heavy (non-hydrogen) atoms. The molecule has 0 saturated carbocycles. The summed E-state index contributed by atoms with van der Waals surface area (Å²) in [6.07, 6.45) is 3.20. The monoisotopic (exact) mass is 279 g/mol. The van der Waals surface area contributed by atoms with Gasteiger partial charge in [-0.1, -0.05) is 6.07 Å². The third-order valence-corrected chi connectivity index (χ3v) is 3.12. The van der Waals surface area contributed by atoms with Crippen LogP contribution in [0.25, 0.3) is 28.2 Å². The molecule has 0 saturated heterocycles. The number of nitrogens with zero attached hydrogens (tertiary/aromatic N) is 5. The van der Waals surface area contributed by atoms with E-state index in [-0.39, 0.29) is 5.69 Å². The molecule has 4 aromatic rings. The molecule has 0 spiro atoms. The molecule has 4 heterocycles. The first kappa shape index (κ1) is 11.5. The van der Waals surface area contributed by atoms with E-state index in [1.807, 2.05) is 18.2 Å². The van der Waals surface area contributed by atoms with E-state index in [2.05, 4.69) is 25.0 Å². The highest BCUT2D eigenvalue weighted by molar-refractivity contribution is 6.00. The number of carbonyl (C=O) groups excluding carboxylic acids is 1. The molecule has 0 aliphatic rings. The van der Waals surface area contributed by atoms with Gasteiger partial charge in [0, 0.05) is 6.20 Å². The minimum Gasteiger partial charge on any atom is -0.364 e. The maximum absolute atomic E-state index is 11.2. The molecule has 8 nitrogen and oxygen atoms in total. The number of H-pyrrole nitrogens is 1. The zero-order valence-electron chi connectivity index (χ0n) is 10.7. The van der Waals surface area contributed by atoms with Gasteiger partial charge in [0.25, 0.3) is 5.91 Å². The maximum Gasteiger partial charge on any atom is 0.265 e. The lowest BCUT2D eigenvalue weighted by atomic mass is 10.3. The van der Waals surface area contributed by atoms with Crippen molar-refractivity contribution in [1.82, 2.24) is 29.5 Å². The van der Waals surface area contributed by atoms with Gasteiger partial charge in [0.15, 0.2) is 5.65 Å². The molecule has 8 heteroatoms. The second-order valence-electron chi connectivity index (χ2n) is 4.47. The molecule has 3 N–H and O–H groups in total. The van der Waals surface area contributed by atoms with E-state index < -0.39 is 5.91 Å². The topological polar surface area (TPSA) is 115 Å². The van der Waals surface area contributed by atoms with Crippen molar-refractivity contribution in [2.75, 3.05) is 0 Å². The van der Waals surface area contributed by atoms with Crippen molar-refractivity contribution in [3.05, 3.63) is 42.5 Å². The molecule has 4 aromatic heterocycles. The lowest BCUT2D eigenvalue weighted by Gasteiger charge is -1.90. The zero-order chi connectivity index (χ0) is 14.4. The summed E-state index contributed by atoms with van der Waals surface area (Å²) in [7, 11) is 0. The fraction of sp³-hybridized carbons (Fsp3) is 0. The maximum atomic E-state index is 11.2. The van der Waals surface area contributed by atoms with Crippen LogP contribution in [0.2, 0.25) is 0 Å². The Morgan fingerprint density at radius 2 is 2.19 bits per heavy atom. The summed E-state index contributed by atoms with van der Waals surface area (Å²) in [6, 6.07) is 7.13. The van der Waals surface area contributed by atoms with E-state index in [0.29, 0.717) is 28.2 Å². The van der Waals surface area contributed by atoms with Crippen molar-refractivity contribution in [2.24, 2.45) is 5.73 Å². The van der Waals surface area contributed by atoms with Gasteiger partial charge in [0.2, 0.25) is 5.82 Å². The summed E-state index contributed by atoms with van der Waals surface area (Å²) in [5.74, 6) is -0.0534. The molecule has 0 fully saturated rings. The number of aromatic nitrogens is 6. The van der Waals surface area contributed by atoms with Crippen LogP contribution in [0.1, 0.15) is 10.5 Å². The van der Waals surface area contributed by atoms with Gasteiger partial charge >= 0.3 is 0 Å². The van der Waals surface area contributed by atoms with Gasteiger partial charge in [0.05, 0.1) is 5.39 Å². The van der Waals surface area contributed by atoms with Gasteiger partial charge < -0.3 is 10.7 Å². The molecular formula is C13H9N7O. The number of nitrogens with one attached hydrogen (secondary N) is 1. The number of rotatable bonds is 2. The molecule has 0 aliphatic heterocycles. The first-order valence-corrected chi connectivity index (χ1v) is 6.18. The Morgan fingerprint density at radius 3 is 2.95 bits per heavy atom. The molecule has 0 unspecified atom stereocenters. The standard InChI is InChI=1S/C13H9N7O/c14-10(21)9-5-7-11(17-9)16-6-20-13(7)18-12(19-20)8-3-1-2-4-15-8/h1-6,17H,(H2,14,21). The Balaban J connectivity index is 1.99. The van der Waals surface area contributed by atoms with Crippen LogP contribution in [0.15, 0.2) is 36.8 Å². The minimum absolute atomic E-state index is 0.285. The van der Waals surface area contributed by atoms with Gasteiger partial charge in [-0.3, -0.25) is 9.78 Å². The fourth-order valence-corrected chi connectivity index (χ4v) is 2.15. The van der Waals surface area contributed by atoms with Crippen LogP contribution in [0.3, 0.4) is 0 Å². The summed E-state index contributed by atoms with van der Waals surface area (Å²) in [4.78, 5) is 27.0. The molecule has 0 atom stereocenters. The average Bonchev–Trinajstić information content (AvgIpc) is 3.11. The van der Waals surface area contributed by atoms with Gasteiger partial charge in [0.1, 0.15) is 23.4 Å². The number of hydrogen-bond acceptors (Lipinski definition) is 5. The summed E-state index contributed by atoms with van der Waals surface area (Å²) in [5, 5.41) is 5.02. The van der Waals surface area contributed by atoms with Crippen molar-refractivity contribution in [1.29, 1.82) is 0 Å². The highest BCUT2D eigenvalue weighted by Gasteiger charge is 2.14. The van der Waals surface area contributed by atoms with E-state index >= 15 is 0 Å². The predicted molar refractivity (Wildman–Crippen MR) is 74.4 cm³/mol. The van der Waals surface area contributed by atoms with E-state index in [1.165, 1.54) is 6.33 Å². The van der Waals surface area contributed by atoms with E-state index in [0.717, 1.165) is 0 Å². The molecule has 0 aliphatic carbocycles. The highest BCUT2D eigenvalue weighted by atomic mass is 16.1. The second kappa shape index (κ2) is 4.10. The summed E-state index contributed by atoms with van der Waals surface area (Å²) >= 11 is 0. The highest BCUT2D eigenvalue weighted by Crippen LogP contribution is 2.20. The van der Waals surface area contributed by atoms with Crippen LogP contribution in [-0.2, 0) is 0 Å². The lowest BCUT2D eigenvalue weighted by Crippen LogP contribution is -2.10. The SMILES string of the molecule is NC(=O)c1cc2c(ncn3nc(-c4ccccn4)nc23)[nH]1. The van der Waals surface area contributed by atoms with Crippen LogP contribution in [-0.4, -0.2) is 35.5 Å². The quantitative estimate of drug-likeness (QED) is 0.562. The van der Waals surface area contributed by atoms with Crippen molar-refractivity contribution < 1.29 is 4.79 Å². The molecule has 0 aromatic carbocycles. The Bertz CT molecular complexity index is 970. The Morgan fingerprint density at radius 1 is 1.29 bits per heavy atom. The largest absolute Gasteiger partial charge is 0.364 e. The van der Waals surface area contributed by atoms with Crippen molar-refractivity contribution in [2.45, 2.75) is 0 Å². The number of pyridine rings is 1. The number of nitrogens with two attached hydrogens (primary N) is 1. The number of carbonyl (C=O) groups is 1. The predicted octanol–water partition coefficient (Wildman–Crippen LogP) is 0.766. The first-order valence-electron chi connectivity index (χ1n) is 6.18. The summed E-state index contributed by atoms with van der Waals surface area (Å²) in [6.45, 7) is 0. The van der Waals surface area contributed by atoms with Crippen molar-refractivity contribution in [3.8, 4) is 11.5 Å². The van der Waals surface area contributed by atoms with Crippen LogP contribution < -0.4 is 5.73 Å². The van der Waals surface area contributed by atoms with Crippen LogP contribution in [0, 0.1) is 0 Å². The molecule has 0 radical (unpaired) electrons. The Kier molecular flexibility index (Phi) is 2.25. The number of hydrogen-bond donors (Lipinski definition) is 2. The van der Waals surface area contributed by atoms with E-state index in [9.17, 15) is 4.79 Å². The number of aromatic amines is 1. The number of fused-ring (bicyclic) bond motifs is 3. The van der Waals surface area contributed by atoms with Crippen LogP contribution in [0.5, 0.6) is 0 Å². The Labute approximate surface area is 117 Å². The van der Waals surface area contributed by atoms with Crippen molar-refractivity contribution in [3.63, 3.8) is 0 Å². The zero-order valence-corrected chi connectivity index (χ0v) is 10.7. The molecule has 102 valence electrons. The molecular weight excluding hydrogens is 270 g/mol. The normalized spacial score (nSPS) is 11.2. The molecule has 4 rings (SSSR count). The summed E-state index contributed by atoms with van der Waals surface area (Å²) in [5.41, 5.74) is 7.34. The van der Waals surface area contributed by atoms with E-state index in [1.54, 1.807) is 16.8 Å². The Hall–Kier alpha value is -3.29. The lowest BCUT2D eigenvalue weighted by molar-refractivity contribution is 0.0996. The summed E-state index contributed by atoms with van der Waals surface area (Å²) < 4.78 is 1.55. The smallest absolute Gasteiger partial charge is 0.265 e. The van der Waals surface area contributed by atoms with Gasteiger partial charge in [-0.05, 0) is 18.2 Å².